The molecule has 35 heavy (non-hydrogen) atoms. The van der Waals surface area contributed by atoms with Crippen LogP contribution in [0.5, 0.6) is 5.75 Å². The number of hydrogen-bond acceptors (Lipinski definition) is 4. The third kappa shape index (κ3) is 5.73. The van der Waals surface area contributed by atoms with Crippen LogP contribution in [-0.2, 0) is 11.2 Å². The maximum absolute atomic E-state index is 14.4. The number of aryl methyl sites for hydroxylation is 1. The fraction of sp³-hybridized carbons (Fsp3) is 0.357. The van der Waals surface area contributed by atoms with Gasteiger partial charge < -0.3 is 14.5 Å². The highest BCUT2D eigenvalue weighted by atomic mass is 32.1. The van der Waals surface area contributed by atoms with Crippen molar-refractivity contribution in [3.63, 3.8) is 0 Å². The van der Waals surface area contributed by atoms with Crippen LogP contribution in [0.4, 0.5) is 4.39 Å². The summed E-state index contributed by atoms with van der Waals surface area (Å²) in [4.78, 5) is 31.4. The minimum absolute atomic E-state index is 0.0147. The highest BCUT2D eigenvalue weighted by Crippen LogP contribution is 2.34. The van der Waals surface area contributed by atoms with E-state index in [9.17, 15) is 14.0 Å². The fourth-order valence-electron chi connectivity index (χ4n) is 4.48. The van der Waals surface area contributed by atoms with Crippen molar-refractivity contribution in [2.75, 3.05) is 26.2 Å². The van der Waals surface area contributed by atoms with E-state index in [1.54, 1.807) is 23.5 Å². The normalized spacial score (nSPS) is 15.1. The lowest BCUT2D eigenvalue weighted by atomic mass is 10.00. The van der Waals surface area contributed by atoms with E-state index in [0.717, 1.165) is 23.3 Å². The largest absolute Gasteiger partial charge is 0.491 e. The number of halogens is 1. The van der Waals surface area contributed by atoms with Gasteiger partial charge in [0, 0.05) is 18.0 Å². The third-order valence-electron chi connectivity index (χ3n) is 6.21. The number of para-hydroxylation sites is 1. The van der Waals surface area contributed by atoms with Gasteiger partial charge in [0.15, 0.2) is 0 Å². The minimum Gasteiger partial charge on any atom is -0.491 e. The first-order chi connectivity index (χ1) is 16.8. The predicted molar refractivity (Wildman–Crippen MR) is 136 cm³/mol. The van der Waals surface area contributed by atoms with Crippen molar-refractivity contribution in [3.05, 3.63) is 87.4 Å². The molecule has 0 saturated carbocycles. The molecule has 0 unspecified atom stereocenters. The van der Waals surface area contributed by atoms with E-state index < -0.39 is 11.7 Å². The van der Waals surface area contributed by atoms with Crippen molar-refractivity contribution in [2.24, 2.45) is 5.92 Å². The molecule has 0 fully saturated rings. The second kappa shape index (κ2) is 11.0. The molecule has 4 rings (SSSR count). The number of thiophene rings is 1. The molecule has 2 aromatic carbocycles. The van der Waals surface area contributed by atoms with E-state index in [1.165, 1.54) is 21.9 Å². The summed E-state index contributed by atoms with van der Waals surface area (Å²) in [7, 11) is 0. The number of carbonyl (C=O) groups excluding carboxylic acids is 2. The first-order valence-corrected chi connectivity index (χ1v) is 12.8. The van der Waals surface area contributed by atoms with Gasteiger partial charge in [0.05, 0.1) is 11.6 Å². The summed E-state index contributed by atoms with van der Waals surface area (Å²) in [5.74, 6) is -0.289. The number of hydrogen-bond donors (Lipinski definition) is 0. The maximum atomic E-state index is 14.4. The van der Waals surface area contributed by atoms with Gasteiger partial charge in [-0.15, -0.1) is 11.3 Å². The summed E-state index contributed by atoms with van der Waals surface area (Å²) in [5.41, 5.74) is 2.11. The molecule has 2 amide bonds. The number of rotatable bonds is 8. The van der Waals surface area contributed by atoms with Crippen molar-refractivity contribution in [1.29, 1.82) is 0 Å². The average molecular weight is 495 g/mol. The smallest absolute Gasteiger partial charge is 0.257 e. The van der Waals surface area contributed by atoms with Crippen LogP contribution >= 0.6 is 11.3 Å². The standard InChI is InChI=1S/C28H31FN2O3S/c1-19(2)16-30(28(33)21-9-5-6-10-23(21)29)17-27(32)31-14-12-26-22(13-15-35-26)24(31)18-34-25-11-7-4-8-20(25)3/h4-11,13,15,19,24H,12,14,16-18H2,1-3H3/t24-/m1/s1. The Kier molecular flexibility index (Phi) is 7.86. The topological polar surface area (TPSA) is 49.9 Å². The van der Waals surface area contributed by atoms with Crippen LogP contribution in [0.15, 0.2) is 60.0 Å². The van der Waals surface area contributed by atoms with Crippen molar-refractivity contribution in [3.8, 4) is 5.75 Å². The lowest BCUT2D eigenvalue weighted by Crippen LogP contribution is -2.48. The summed E-state index contributed by atoms with van der Waals surface area (Å²) < 4.78 is 20.5. The molecule has 0 aliphatic carbocycles. The van der Waals surface area contributed by atoms with Gasteiger partial charge in [-0.05, 0) is 60.0 Å². The Morgan fingerprint density at radius 1 is 1.14 bits per heavy atom. The number of fused-ring (bicyclic) bond motifs is 1. The maximum Gasteiger partial charge on any atom is 0.257 e. The van der Waals surface area contributed by atoms with Gasteiger partial charge >= 0.3 is 0 Å². The Hall–Kier alpha value is -3.19. The second-order valence-corrected chi connectivity index (χ2v) is 10.3. The minimum atomic E-state index is -0.580. The third-order valence-corrected chi connectivity index (χ3v) is 7.21. The Morgan fingerprint density at radius 3 is 2.63 bits per heavy atom. The van der Waals surface area contributed by atoms with Crippen LogP contribution in [0.2, 0.25) is 0 Å². The first kappa shape index (κ1) is 24.9. The van der Waals surface area contributed by atoms with Crippen molar-refractivity contribution < 1.29 is 18.7 Å². The van der Waals surface area contributed by atoms with Gasteiger partial charge in [-0.2, -0.15) is 0 Å². The number of ether oxygens (including phenoxy) is 1. The molecule has 1 atom stereocenters. The molecule has 0 radical (unpaired) electrons. The molecule has 184 valence electrons. The van der Waals surface area contributed by atoms with Crippen LogP contribution in [0.1, 0.15) is 46.3 Å². The lowest BCUT2D eigenvalue weighted by molar-refractivity contribution is -0.135. The number of nitrogens with zero attached hydrogens (tertiary/aromatic N) is 2. The summed E-state index contributed by atoms with van der Waals surface area (Å²) >= 11 is 1.69. The van der Waals surface area contributed by atoms with Gasteiger partial charge in [0.25, 0.3) is 5.91 Å². The Labute approximate surface area is 210 Å². The van der Waals surface area contributed by atoms with E-state index in [4.69, 9.17) is 4.74 Å². The molecule has 2 heterocycles. The Bertz CT molecular complexity index is 1190. The molecule has 3 aromatic rings. The Morgan fingerprint density at radius 2 is 1.89 bits per heavy atom. The average Bonchev–Trinajstić information content (AvgIpc) is 3.32. The molecule has 0 spiro atoms. The number of carbonyl (C=O) groups is 2. The van der Waals surface area contributed by atoms with Crippen LogP contribution in [0, 0.1) is 18.7 Å². The number of benzene rings is 2. The predicted octanol–water partition coefficient (Wildman–Crippen LogP) is 5.50. The monoisotopic (exact) mass is 494 g/mol. The summed E-state index contributed by atoms with van der Waals surface area (Å²) in [6.45, 7) is 7.08. The molecule has 0 N–H and O–H groups in total. The molecule has 1 aromatic heterocycles. The van der Waals surface area contributed by atoms with E-state index in [-0.39, 0.29) is 30.0 Å². The van der Waals surface area contributed by atoms with E-state index in [2.05, 4.69) is 6.07 Å². The summed E-state index contributed by atoms with van der Waals surface area (Å²) in [5, 5.41) is 2.05. The van der Waals surface area contributed by atoms with Crippen molar-refractivity contribution in [1.82, 2.24) is 9.80 Å². The molecule has 7 heteroatoms. The summed E-state index contributed by atoms with van der Waals surface area (Å²) in [6.07, 6.45) is 0.769. The number of amides is 2. The summed E-state index contributed by atoms with van der Waals surface area (Å²) in [6, 6.07) is 15.5. The van der Waals surface area contributed by atoms with E-state index in [0.29, 0.717) is 19.7 Å². The highest BCUT2D eigenvalue weighted by Gasteiger charge is 2.34. The molecule has 1 aliphatic rings. The fourth-order valence-corrected chi connectivity index (χ4v) is 5.41. The molecular weight excluding hydrogens is 463 g/mol. The van der Waals surface area contributed by atoms with Crippen LogP contribution in [0.25, 0.3) is 0 Å². The zero-order valence-corrected chi connectivity index (χ0v) is 21.2. The molecular formula is C28H31FN2O3S. The van der Waals surface area contributed by atoms with Gasteiger partial charge in [0.1, 0.15) is 24.7 Å². The molecule has 1 aliphatic heterocycles. The molecule has 5 nitrogen and oxygen atoms in total. The SMILES string of the molecule is Cc1ccccc1OC[C@@H]1c2ccsc2CCN1C(=O)CN(CC(C)C)C(=O)c1ccccc1F. The van der Waals surface area contributed by atoms with Gasteiger partial charge in [-0.3, -0.25) is 9.59 Å². The zero-order valence-electron chi connectivity index (χ0n) is 20.4. The van der Waals surface area contributed by atoms with E-state index in [1.807, 2.05) is 55.3 Å². The quantitative estimate of drug-likeness (QED) is 0.416. The van der Waals surface area contributed by atoms with Gasteiger partial charge in [-0.25, -0.2) is 4.39 Å². The van der Waals surface area contributed by atoms with Crippen LogP contribution in [0.3, 0.4) is 0 Å². The van der Waals surface area contributed by atoms with Crippen LogP contribution < -0.4 is 4.74 Å². The van der Waals surface area contributed by atoms with Crippen LogP contribution in [-0.4, -0.2) is 47.9 Å². The van der Waals surface area contributed by atoms with Gasteiger partial charge in [-0.1, -0.05) is 44.2 Å². The van der Waals surface area contributed by atoms with Crippen molar-refractivity contribution in [2.45, 2.75) is 33.2 Å². The molecule has 0 saturated heterocycles. The van der Waals surface area contributed by atoms with Gasteiger partial charge in [0.2, 0.25) is 5.91 Å². The highest BCUT2D eigenvalue weighted by molar-refractivity contribution is 7.10. The van der Waals surface area contributed by atoms with Crippen molar-refractivity contribution >= 4 is 23.2 Å². The first-order valence-electron chi connectivity index (χ1n) is 11.9. The molecule has 0 bridgehead atoms. The lowest BCUT2D eigenvalue weighted by Gasteiger charge is -2.37. The zero-order chi connectivity index (χ0) is 24.9. The Balaban J connectivity index is 1.55. The second-order valence-electron chi connectivity index (χ2n) is 9.29. The van der Waals surface area contributed by atoms with E-state index >= 15 is 0 Å².